The lowest BCUT2D eigenvalue weighted by molar-refractivity contribution is -0.384. The molecule has 0 amide bonds. The van der Waals surface area contributed by atoms with Gasteiger partial charge in [-0.2, -0.15) is 4.31 Å². The average molecular weight is 367 g/mol. The van der Waals surface area contributed by atoms with Crippen LogP contribution in [0.4, 0.5) is 11.4 Å². The summed E-state index contributed by atoms with van der Waals surface area (Å²) in [5, 5.41) is 14.6. The average Bonchev–Trinajstić information content (AvgIpc) is 3.39. The molecule has 2 atom stereocenters. The van der Waals surface area contributed by atoms with E-state index >= 15 is 0 Å². The van der Waals surface area contributed by atoms with E-state index in [9.17, 15) is 18.5 Å². The fraction of sp³-hybridized carbons (Fsp3) is 0.647. The van der Waals surface area contributed by atoms with Crippen molar-refractivity contribution in [1.82, 2.24) is 4.31 Å². The Morgan fingerprint density at radius 2 is 2.04 bits per heavy atom. The van der Waals surface area contributed by atoms with Crippen molar-refractivity contribution in [2.45, 2.75) is 50.5 Å². The van der Waals surface area contributed by atoms with Crippen molar-refractivity contribution >= 4 is 21.4 Å². The zero-order chi connectivity index (χ0) is 18.2. The minimum atomic E-state index is -3.70. The minimum absolute atomic E-state index is 0.00192. The summed E-state index contributed by atoms with van der Waals surface area (Å²) in [7, 11) is -3.70. The van der Waals surface area contributed by atoms with Gasteiger partial charge in [-0.3, -0.25) is 10.1 Å². The Bertz CT molecular complexity index is 761. The van der Waals surface area contributed by atoms with Crippen LogP contribution in [0.3, 0.4) is 0 Å². The fourth-order valence-electron chi connectivity index (χ4n) is 3.42. The summed E-state index contributed by atoms with van der Waals surface area (Å²) in [6.07, 6.45) is 4.08. The van der Waals surface area contributed by atoms with Gasteiger partial charge in [-0.05, 0) is 56.6 Å². The van der Waals surface area contributed by atoms with Gasteiger partial charge in [0.05, 0.1) is 9.82 Å². The van der Waals surface area contributed by atoms with E-state index in [0.717, 1.165) is 25.7 Å². The van der Waals surface area contributed by atoms with Gasteiger partial charge in [-0.15, -0.1) is 0 Å². The molecular weight excluding hydrogens is 342 g/mol. The van der Waals surface area contributed by atoms with Crippen molar-refractivity contribution in [3.63, 3.8) is 0 Å². The van der Waals surface area contributed by atoms with Crippen LogP contribution in [0.25, 0.3) is 0 Å². The molecule has 1 heterocycles. The molecule has 0 radical (unpaired) electrons. The van der Waals surface area contributed by atoms with E-state index in [-0.39, 0.29) is 16.6 Å². The second kappa shape index (κ2) is 6.92. The Kier molecular flexibility index (Phi) is 5.02. The van der Waals surface area contributed by atoms with Gasteiger partial charge in [-0.1, -0.05) is 6.92 Å². The van der Waals surface area contributed by atoms with Gasteiger partial charge >= 0.3 is 0 Å². The molecule has 2 fully saturated rings. The Balaban J connectivity index is 1.88. The summed E-state index contributed by atoms with van der Waals surface area (Å²) in [4.78, 5) is 10.9. The lowest BCUT2D eigenvalue weighted by atomic mass is 10.0. The molecule has 3 rings (SSSR count). The van der Waals surface area contributed by atoms with E-state index in [1.165, 1.54) is 22.5 Å². The van der Waals surface area contributed by atoms with Gasteiger partial charge in [0.25, 0.3) is 5.69 Å². The maximum Gasteiger partial charge on any atom is 0.293 e. The number of piperidine rings is 1. The Hall–Kier alpha value is -1.67. The molecular formula is C17H25N3O4S. The minimum Gasteiger partial charge on any atom is -0.377 e. The molecule has 8 heteroatoms. The number of nitrogens with zero attached hydrogens (tertiary/aromatic N) is 2. The van der Waals surface area contributed by atoms with E-state index < -0.39 is 14.9 Å². The first kappa shape index (κ1) is 18.1. The van der Waals surface area contributed by atoms with Crippen LogP contribution >= 0.6 is 0 Å². The molecule has 1 N–H and O–H groups in total. The van der Waals surface area contributed by atoms with Crippen molar-refractivity contribution in [3.05, 3.63) is 28.3 Å². The van der Waals surface area contributed by atoms with E-state index in [1.807, 2.05) is 13.8 Å². The first-order chi connectivity index (χ1) is 11.8. The maximum absolute atomic E-state index is 12.8. The third kappa shape index (κ3) is 3.95. The normalized spacial score (nSPS) is 23.2. The molecule has 25 heavy (non-hydrogen) atoms. The van der Waals surface area contributed by atoms with Crippen LogP contribution in [-0.4, -0.2) is 36.8 Å². The first-order valence-corrected chi connectivity index (χ1v) is 10.3. The van der Waals surface area contributed by atoms with Crippen molar-refractivity contribution in [1.29, 1.82) is 0 Å². The van der Waals surface area contributed by atoms with Gasteiger partial charge in [0.2, 0.25) is 10.0 Å². The molecule has 0 unspecified atom stereocenters. The number of anilines is 1. The van der Waals surface area contributed by atoms with Crippen LogP contribution in [0.2, 0.25) is 0 Å². The topological polar surface area (TPSA) is 92.6 Å². The van der Waals surface area contributed by atoms with E-state index in [4.69, 9.17) is 0 Å². The molecule has 7 nitrogen and oxygen atoms in total. The van der Waals surface area contributed by atoms with Gasteiger partial charge < -0.3 is 5.32 Å². The molecule has 1 aromatic rings. The highest BCUT2D eigenvalue weighted by atomic mass is 32.2. The second-order valence-corrected chi connectivity index (χ2v) is 9.25. The van der Waals surface area contributed by atoms with Gasteiger partial charge in [0, 0.05) is 25.2 Å². The predicted octanol–water partition coefficient (Wildman–Crippen LogP) is 3.23. The Morgan fingerprint density at radius 3 is 2.64 bits per heavy atom. The van der Waals surface area contributed by atoms with E-state index in [1.54, 1.807) is 0 Å². The van der Waals surface area contributed by atoms with Crippen LogP contribution in [0.5, 0.6) is 0 Å². The fourth-order valence-corrected chi connectivity index (χ4v) is 5.04. The number of sulfonamides is 1. The highest BCUT2D eigenvalue weighted by molar-refractivity contribution is 7.89. The quantitative estimate of drug-likeness (QED) is 0.615. The molecule has 0 aromatic heterocycles. The smallest absolute Gasteiger partial charge is 0.293 e. The molecule has 1 saturated carbocycles. The number of nitro groups is 1. The molecule has 1 aliphatic heterocycles. The summed E-state index contributed by atoms with van der Waals surface area (Å²) >= 11 is 0. The predicted molar refractivity (Wildman–Crippen MR) is 96.1 cm³/mol. The number of benzene rings is 1. The molecule has 0 spiro atoms. The van der Waals surface area contributed by atoms with Gasteiger partial charge in [0.15, 0.2) is 0 Å². The van der Waals surface area contributed by atoms with Crippen LogP contribution in [0.1, 0.15) is 39.5 Å². The van der Waals surface area contributed by atoms with Crippen molar-refractivity contribution < 1.29 is 13.3 Å². The van der Waals surface area contributed by atoms with E-state index in [2.05, 4.69) is 5.32 Å². The van der Waals surface area contributed by atoms with Crippen LogP contribution in [-0.2, 0) is 10.0 Å². The van der Waals surface area contributed by atoms with Gasteiger partial charge in [-0.25, -0.2) is 8.42 Å². The van der Waals surface area contributed by atoms with Gasteiger partial charge in [0.1, 0.15) is 5.69 Å². The summed E-state index contributed by atoms with van der Waals surface area (Å²) in [5.41, 5.74) is 0.203. The zero-order valence-corrected chi connectivity index (χ0v) is 15.5. The maximum atomic E-state index is 12.8. The number of hydrogen-bond donors (Lipinski definition) is 1. The molecule has 2 aliphatic rings. The molecule has 0 bridgehead atoms. The number of hydrogen-bond acceptors (Lipinski definition) is 5. The van der Waals surface area contributed by atoms with E-state index in [0.29, 0.717) is 30.6 Å². The van der Waals surface area contributed by atoms with Crippen LogP contribution in [0.15, 0.2) is 23.1 Å². The number of nitrogens with one attached hydrogen (secondary N) is 1. The summed E-state index contributed by atoms with van der Waals surface area (Å²) in [6.45, 7) is 4.96. The van der Waals surface area contributed by atoms with Crippen molar-refractivity contribution in [3.8, 4) is 0 Å². The lowest BCUT2D eigenvalue weighted by Crippen LogP contribution is -2.39. The second-order valence-electron chi connectivity index (χ2n) is 7.32. The molecule has 1 aromatic carbocycles. The monoisotopic (exact) mass is 367 g/mol. The Labute approximate surface area is 148 Å². The highest BCUT2D eigenvalue weighted by Crippen LogP contribution is 2.36. The summed E-state index contributed by atoms with van der Waals surface area (Å²) in [5.74, 6) is 0.844. The van der Waals surface area contributed by atoms with Crippen molar-refractivity contribution in [2.75, 3.05) is 18.4 Å². The van der Waals surface area contributed by atoms with Crippen LogP contribution in [0, 0.1) is 22.0 Å². The zero-order valence-electron chi connectivity index (χ0n) is 14.6. The van der Waals surface area contributed by atoms with Crippen molar-refractivity contribution in [2.24, 2.45) is 11.8 Å². The number of rotatable bonds is 6. The number of nitro benzene ring substituents is 1. The molecule has 1 aliphatic carbocycles. The Morgan fingerprint density at radius 1 is 1.32 bits per heavy atom. The lowest BCUT2D eigenvalue weighted by Gasteiger charge is -2.30. The largest absolute Gasteiger partial charge is 0.377 e. The molecule has 1 saturated heterocycles. The van der Waals surface area contributed by atoms with Crippen LogP contribution < -0.4 is 5.32 Å². The third-order valence-electron chi connectivity index (χ3n) is 5.14. The first-order valence-electron chi connectivity index (χ1n) is 8.84. The SMILES string of the molecule is C[C@H]1CCCN(S(=O)(=O)c2ccc(N[C@@H](C)C3CC3)c([N+](=O)[O-])c2)C1. The molecule has 138 valence electrons. The third-order valence-corrected chi connectivity index (χ3v) is 7.00. The summed E-state index contributed by atoms with van der Waals surface area (Å²) < 4.78 is 27.1. The summed E-state index contributed by atoms with van der Waals surface area (Å²) in [6, 6.07) is 4.33. The standard InChI is InChI=1S/C17H25N3O4S/c1-12-4-3-9-19(11-12)25(23,24)15-7-8-16(17(10-15)20(21)22)18-13(2)14-5-6-14/h7-8,10,12-14,18H,3-6,9,11H2,1-2H3/t12-,13-/m0/s1. The highest BCUT2D eigenvalue weighted by Gasteiger charge is 2.32.